The van der Waals surface area contributed by atoms with Gasteiger partial charge in [-0.25, -0.2) is 0 Å². The third-order valence-electron chi connectivity index (χ3n) is 4.46. The molecule has 1 saturated carbocycles. The van der Waals surface area contributed by atoms with Gasteiger partial charge >= 0.3 is 0 Å². The monoisotopic (exact) mass is 273 g/mol. The summed E-state index contributed by atoms with van der Waals surface area (Å²) in [7, 11) is 1.59. The summed E-state index contributed by atoms with van der Waals surface area (Å²) in [4.78, 5) is 26.2. The average molecular weight is 273 g/mol. The van der Waals surface area contributed by atoms with Gasteiger partial charge in [-0.15, -0.1) is 0 Å². The van der Waals surface area contributed by atoms with Gasteiger partial charge in [-0.1, -0.05) is 12.8 Å². The quantitative estimate of drug-likeness (QED) is 0.778. The van der Waals surface area contributed by atoms with Crippen LogP contribution in [0, 0.1) is 5.92 Å². The maximum Gasteiger partial charge on any atom is 0.260 e. The molecule has 2 unspecified atom stereocenters. The highest BCUT2D eigenvalue weighted by Gasteiger charge is 2.44. The van der Waals surface area contributed by atoms with Gasteiger partial charge in [0, 0.05) is 18.0 Å². The summed E-state index contributed by atoms with van der Waals surface area (Å²) in [6, 6.07) is 7.08. The van der Waals surface area contributed by atoms with Crippen molar-refractivity contribution in [2.24, 2.45) is 5.92 Å². The van der Waals surface area contributed by atoms with E-state index in [2.05, 4.69) is 0 Å². The second-order valence-corrected chi connectivity index (χ2v) is 5.61. The third-order valence-corrected chi connectivity index (χ3v) is 4.46. The zero-order chi connectivity index (χ0) is 14.1. The number of carbonyl (C=O) groups excluding carboxylic acids is 2. The van der Waals surface area contributed by atoms with Crippen molar-refractivity contribution < 1.29 is 14.3 Å². The molecule has 0 spiro atoms. The van der Waals surface area contributed by atoms with Crippen LogP contribution in [0.25, 0.3) is 0 Å². The predicted octanol–water partition coefficient (Wildman–Crippen LogP) is 2.63. The first-order valence-electron chi connectivity index (χ1n) is 7.21. The number of hydrogen-bond donors (Lipinski definition) is 0. The number of carbonyl (C=O) groups is 2. The van der Waals surface area contributed by atoms with Gasteiger partial charge in [0.1, 0.15) is 5.75 Å². The summed E-state index contributed by atoms with van der Waals surface area (Å²) in [6.07, 6.45) is 4.85. The molecule has 3 rings (SSSR count). The Morgan fingerprint density at radius 3 is 2.60 bits per heavy atom. The predicted molar refractivity (Wildman–Crippen MR) is 74.5 cm³/mol. The van der Waals surface area contributed by atoms with E-state index >= 15 is 0 Å². The van der Waals surface area contributed by atoms with Crippen LogP contribution in [-0.4, -0.2) is 29.9 Å². The van der Waals surface area contributed by atoms with Gasteiger partial charge in [0.25, 0.3) is 5.91 Å². The van der Waals surface area contributed by atoms with Crippen LogP contribution in [0.1, 0.15) is 42.5 Å². The van der Waals surface area contributed by atoms with Crippen molar-refractivity contribution in [1.29, 1.82) is 0 Å². The van der Waals surface area contributed by atoms with Crippen molar-refractivity contribution in [1.82, 2.24) is 4.90 Å². The Balaban J connectivity index is 1.83. The number of imide groups is 1. The van der Waals surface area contributed by atoms with Crippen molar-refractivity contribution in [2.45, 2.75) is 38.1 Å². The summed E-state index contributed by atoms with van der Waals surface area (Å²) < 4.78 is 5.09. The van der Waals surface area contributed by atoms with Gasteiger partial charge < -0.3 is 4.74 Å². The van der Waals surface area contributed by atoms with E-state index in [4.69, 9.17) is 4.74 Å². The van der Waals surface area contributed by atoms with E-state index in [1.807, 2.05) is 0 Å². The summed E-state index contributed by atoms with van der Waals surface area (Å²) in [5, 5.41) is 0. The number of rotatable bonds is 2. The largest absolute Gasteiger partial charge is 0.497 e. The van der Waals surface area contributed by atoms with E-state index in [9.17, 15) is 9.59 Å². The summed E-state index contributed by atoms with van der Waals surface area (Å²) in [6.45, 7) is 0. The number of benzene rings is 1. The van der Waals surface area contributed by atoms with Gasteiger partial charge in [-0.2, -0.15) is 0 Å². The first-order chi connectivity index (χ1) is 9.70. The minimum absolute atomic E-state index is 0.0114. The van der Waals surface area contributed by atoms with Crippen LogP contribution in [0.15, 0.2) is 24.3 Å². The fraction of sp³-hybridized carbons (Fsp3) is 0.500. The number of nitrogens with zero attached hydrogens (tertiary/aromatic N) is 1. The Morgan fingerprint density at radius 1 is 1.20 bits per heavy atom. The van der Waals surface area contributed by atoms with Crippen molar-refractivity contribution in [3.8, 4) is 5.75 Å². The van der Waals surface area contributed by atoms with Crippen LogP contribution in [0.2, 0.25) is 0 Å². The highest BCUT2D eigenvalue weighted by atomic mass is 16.5. The van der Waals surface area contributed by atoms with Crippen molar-refractivity contribution in [3.05, 3.63) is 29.8 Å². The lowest BCUT2D eigenvalue weighted by molar-refractivity contribution is -0.126. The van der Waals surface area contributed by atoms with Crippen LogP contribution in [0.3, 0.4) is 0 Å². The molecule has 20 heavy (non-hydrogen) atoms. The lowest BCUT2D eigenvalue weighted by Crippen LogP contribution is -2.41. The third kappa shape index (κ3) is 2.19. The molecule has 1 aromatic rings. The lowest BCUT2D eigenvalue weighted by Gasteiger charge is -2.30. The molecule has 0 N–H and O–H groups in total. The molecule has 1 heterocycles. The van der Waals surface area contributed by atoms with Crippen LogP contribution >= 0.6 is 0 Å². The number of fused-ring (bicyclic) bond motifs is 1. The second-order valence-electron chi connectivity index (χ2n) is 5.61. The van der Waals surface area contributed by atoms with E-state index in [1.54, 1.807) is 31.4 Å². The standard InChI is InChI=1S/C16H19NO3/c1-20-13-8-6-11(7-9-13)16(19)17-14-5-3-2-4-12(14)10-15(17)18/h6-9,12,14H,2-5,10H2,1H3. The maximum atomic E-state index is 12.6. The molecule has 0 aromatic heterocycles. The molecule has 1 saturated heterocycles. The fourth-order valence-corrected chi connectivity index (χ4v) is 3.41. The first kappa shape index (κ1) is 13.2. The molecule has 0 bridgehead atoms. The minimum Gasteiger partial charge on any atom is -0.497 e. The Bertz CT molecular complexity index is 523. The number of hydrogen-bond acceptors (Lipinski definition) is 3. The van der Waals surface area contributed by atoms with Crippen LogP contribution in [0.4, 0.5) is 0 Å². The van der Waals surface area contributed by atoms with Crippen molar-refractivity contribution in [3.63, 3.8) is 0 Å². The van der Waals surface area contributed by atoms with E-state index in [0.29, 0.717) is 23.7 Å². The van der Waals surface area contributed by atoms with Crippen LogP contribution in [-0.2, 0) is 4.79 Å². The molecule has 1 aliphatic heterocycles. The fourth-order valence-electron chi connectivity index (χ4n) is 3.41. The highest BCUT2D eigenvalue weighted by Crippen LogP contribution is 2.37. The van der Waals surface area contributed by atoms with Gasteiger partial charge in [-0.3, -0.25) is 14.5 Å². The molecule has 1 aliphatic carbocycles. The van der Waals surface area contributed by atoms with Crippen molar-refractivity contribution >= 4 is 11.8 Å². The molecule has 4 nitrogen and oxygen atoms in total. The number of methoxy groups -OCH3 is 1. The molecule has 1 aromatic carbocycles. The van der Waals surface area contributed by atoms with Crippen LogP contribution in [0.5, 0.6) is 5.75 Å². The van der Waals surface area contributed by atoms with E-state index in [1.165, 1.54) is 11.3 Å². The number of ether oxygens (including phenoxy) is 1. The molecular formula is C16H19NO3. The molecular weight excluding hydrogens is 254 g/mol. The lowest BCUT2D eigenvalue weighted by atomic mass is 9.85. The maximum absolute atomic E-state index is 12.6. The van der Waals surface area contributed by atoms with Crippen molar-refractivity contribution in [2.75, 3.05) is 7.11 Å². The molecule has 2 aliphatic rings. The summed E-state index contributed by atoms with van der Waals surface area (Å²) in [5.41, 5.74) is 0.561. The number of likely N-dealkylation sites (tertiary alicyclic amines) is 1. The molecule has 2 amide bonds. The van der Waals surface area contributed by atoms with E-state index < -0.39 is 0 Å². The Morgan fingerprint density at radius 2 is 1.90 bits per heavy atom. The molecule has 2 fully saturated rings. The first-order valence-corrected chi connectivity index (χ1v) is 7.21. The number of amides is 2. The topological polar surface area (TPSA) is 46.6 Å². The molecule has 106 valence electrons. The van der Waals surface area contributed by atoms with E-state index in [0.717, 1.165) is 19.3 Å². The smallest absolute Gasteiger partial charge is 0.260 e. The highest BCUT2D eigenvalue weighted by molar-refractivity contribution is 6.06. The Kier molecular flexibility index (Phi) is 3.47. The normalized spacial score (nSPS) is 25.4. The average Bonchev–Trinajstić information content (AvgIpc) is 2.82. The molecule has 2 atom stereocenters. The SMILES string of the molecule is COc1ccc(C(=O)N2C(=O)CC3CCCCC32)cc1. The van der Waals surface area contributed by atoms with Gasteiger partial charge in [-0.05, 0) is 43.0 Å². The molecule has 4 heteroatoms. The summed E-state index contributed by atoms with van der Waals surface area (Å²) in [5.74, 6) is 0.915. The Hall–Kier alpha value is -1.84. The zero-order valence-electron chi connectivity index (χ0n) is 11.7. The van der Waals surface area contributed by atoms with Gasteiger partial charge in [0.2, 0.25) is 5.91 Å². The molecule has 0 radical (unpaired) electrons. The zero-order valence-corrected chi connectivity index (χ0v) is 11.7. The van der Waals surface area contributed by atoms with Crippen LogP contribution < -0.4 is 4.74 Å². The van der Waals surface area contributed by atoms with Gasteiger partial charge in [0.15, 0.2) is 0 Å². The summed E-state index contributed by atoms with van der Waals surface area (Å²) >= 11 is 0. The van der Waals surface area contributed by atoms with E-state index in [-0.39, 0.29) is 17.9 Å². The Labute approximate surface area is 118 Å². The van der Waals surface area contributed by atoms with Gasteiger partial charge in [0.05, 0.1) is 7.11 Å². The second kappa shape index (κ2) is 5.27. The minimum atomic E-state index is -0.160.